The number of hydrogen-bond acceptors (Lipinski definition) is 2. The summed E-state index contributed by atoms with van der Waals surface area (Å²) in [4.78, 5) is 19.6. The second-order valence-corrected chi connectivity index (χ2v) is 1.55. The number of aliphatic carboxylic acids is 2. The molecule has 0 saturated heterocycles. The Morgan fingerprint density at radius 2 is 1.60 bits per heavy atom. The van der Waals surface area contributed by atoms with Crippen molar-refractivity contribution in [2.75, 3.05) is 0 Å². The fourth-order valence-electron chi connectivity index (χ4n) is 0.254. The Morgan fingerprint density at radius 3 is 1.70 bits per heavy atom. The highest BCUT2D eigenvalue weighted by molar-refractivity contribution is 5.96. The lowest BCUT2D eigenvalue weighted by atomic mass is 10.3. The van der Waals surface area contributed by atoms with Gasteiger partial charge in [0.2, 0.25) is 5.83 Å². The van der Waals surface area contributed by atoms with E-state index in [0.717, 1.165) is 6.92 Å². The number of carbonyl (C=O) groups is 2. The highest BCUT2D eigenvalue weighted by atomic mass is 19.1. The maximum absolute atomic E-state index is 12.1. The van der Waals surface area contributed by atoms with Gasteiger partial charge in [-0.15, -0.1) is 0 Å². The van der Waals surface area contributed by atoms with Crippen LogP contribution in [-0.2, 0) is 9.59 Å². The van der Waals surface area contributed by atoms with Crippen LogP contribution in [0.4, 0.5) is 4.39 Å². The lowest BCUT2D eigenvalue weighted by molar-refractivity contribution is -0.137. The van der Waals surface area contributed by atoms with E-state index < -0.39 is 23.3 Å². The van der Waals surface area contributed by atoms with Gasteiger partial charge in [0.25, 0.3) is 0 Å². The molecule has 0 aromatic rings. The average molecular weight is 148 g/mol. The van der Waals surface area contributed by atoms with E-state index in [1.165, 1.54) is 0 Å². The zero-order chi connectivity index (χ0) is 8.31. The van der Waals surface area contributed by atoms with Crippen LogP contribution in [0, 0.1) is 0 Å². The Bertz CT molecular complexity index is 184. The van der Waals surface area contributed by atoms with E-state index in [4.69, 9.17) is 10.2 Å². The molecule has 10 heavy (non-hydrogen) atoms. The molecule has 0 rings (SSSR count). The summed E-state index contributed by atoms with van der Waals surface area (Å²) in [7, 11) is 0. The van der Waals surface area contributed by atoms with E-state index in [2.05, 4.69) is 0 Å². The van der Waals surface area contributed by atoms with E-state index in [-0.39, 0.29) is 0 Å². The molecule has 0 amide bonds. The Kier molecular flexibility index (Phi) is 2.54. The van der Waals surface area contributed by atoms with Crippen molar-refractivity contribution in [3.05, 3.63) is 11.4 Å². The highest BCUT2D eigenvalue weighted by Crippen LogP contribution is 2.04. The molecule has 0 unspecified atom stereocenters. The highest BCUT2D eigenvalue weighted by Gasteiger charge is 2.14. The number of hydrogen-bond donors (Lipinski definition) is 2. The van der Waals surface area contributed by atoms with Gasteiger partial charge in [-0.1, -0.05) is 0 Å². The van der Waals surface area contributed by atoms with E-state index >= 15 is 0 Å². The molecule has 0 aliphatic carbocycles. The first-order valence-electron chi connectivity index (χ1n) is 2.29. The first-order chi connectivity index (χ1) is 4.46. The Labute approximate surface area is 55.6 Å². The van der Waals surface area contributed by atoms with Gasteiger partial charge in [0.15, 0.2) is 0 Å². The minimum absolute atomic E-state index is 0.799. The second-order valence-electron chi connectivity index (χ2n) is 1.55. The molecule has 0 heterocycles. The molecule has 0 bridgehead atoms. The molecule has 0 saturated carbocycles. The summed E-state index contributed by atoms with van der Waals surface area (Å²) in [6.07, 6.45) is 0. The molecule has 5 heteroatoms. The van der Waals surface area contributed by atoms with Gasteiger partial charge in [-0.3, -0.25) is 0 Å². The molecule has 0 aromatic carbocycles. The Hall–Kier alpha value is -1.39. The van der Waals surface area contributed by atoms with Crippen molar-refractivity contribution >= 4 is 11.9 Å². The van der Waals surface area contributed by atoms with Crippen molar-refractivity contribution in [2.45, 2.75) is 6.92 Å². The lowest BCUT2D eigenvalue weighted by Gasteiger charge is -1.91. The quantitative estimate of drug-likeness (QED) is 0.556. The van der Waals surface area contributed by atoms with Crippen LogP contribution in [0.5, 0.6) is 0 Å². The fraction of sp³-hybridized carbons (Fsp3) is 0.200. The molecule has 4 nitrogen and oxygen atoms in total. The summed E-state index contributed by atoms with van der Waals surface area (Å²) < 4.78 is 12.1. The molecule has 2 N–H and O–H groups in total. The molecule has 0 aromatic heterocycles. The van der Waals surface area contributed by atoms with Crippen LogP contribution >= 0.6 is 0 Å². The molecular weight excluding hydrogens is 143 g/mol. The van der Waals surface area contributed by atoms with E-state index in [1.54, 1.807) is 0 Å². The number of halogens is 1. The molecule has 0 spiro atoms. The molecule has 0 radical (unpaired) electrons. The fourth-order valence-corrected chi connectivity index (χ4v) is 0.254. The third-order valence-electron chi connectivity index (χ3n) is 0.838. The van der Waals surface area contributed by atoms with E-state index in [0.29, 0.717) is 0 Å². The van der Waals surface area contributed by atoms with Crippen LogP contribution in [-0.4, -0.2) is 22.2 Å². The van der Waals surface area contributed by atoms with Gasteiger partial charge in [-0.2, -0.15) is 4.39 Å². The van der Waals surface area contributed by atoms with Crippen LogP contribution in [0.15, 0.2) is 11.4 Å². The second kappa shape index (κ2) is 2.95. The molecular formula is C5H5FO4. The van der Waals surface area contributed by atoms with Crippen molar-refractivity contribution in [3.63, 3.8) is 0 Å². The first-order valence-corrected chi connectivity index (χ1v) is 2.29. The number of rotatable bonds is 2. The standard InChI is InChI=1S/C5H5FO4/c1-2(4(7)8)3(6)5(9)10/h1H3,(H,7,8)(H,9,10). The predicted octanol–water partition coefficient (Wildman–Crippen LogP) is 0.399. The van der Waals surface area contributed by atoms with Crippen molar-refractivity contribution in [1.82, 2.24) is 0 Å². The molecule has 0 fully saturated rings. The Balaban J connectivity index is 4.67. The van der Waals surface area contributed by atoms with Crippen LogP contribution < -0.4 is 0 Å². The molecule has 0 atom stereocenters. The normalized spacial score (nSPS) is 12.2. The van der Waals surface area contributed by atoms with Crippen LogP contribution in [0.25, 0.3) is 0 Å². The maximum atomic E-state index is 12.1. The predicted molar refractivity (Wildman–Crippen MR) is 29.1 cm³/mol. The SMILES string of the molecule is CC(C(=O)O)=C(F)C(=O)O. The van der Waals surface area contributed by atoms with Crippen molar-refractivity contribution < 1.29 is 24.2 Å². The third-order valence-corrected chi connectivity index (χ3v) is 0.838. The summed E-state index contributed by atoms with van der Waals surface area (Å²) in [6.45, 7) is 0.881. The van der Waals surface area contributed by atoms with Crippen LogP contribution in [0.2, 0.25) is 0 Å². The summed E-state index contributed by atoms with van der Waals surface area (Å²) in [5.74, 6) is -5.06. The van der Waals surface area contributed by atoms with E-state index in [9.17, 15) is 14.0 Å². The van der Waals surface area contributed by atoms with Gasteiger partial charge in [-0.05, 0) is 6.92 Å². The lowest BCUT2D eigenvalue weighted by Crippen LogP contribution is -2.05. The van der Waals surface area contributed by atoms with Gasteiger partial charge >= 0.3 is 11.9 Å². The molecule has 0 aliphatic heterocycles. The van der Waals surface area contributed by atoms with Gasteiger partial charge in [-0.25, -0.2) is 9.59 Å². The minimum atomic E-state index is -1.86. The van der Waals surface area contributed by atoms with Crippen LogP contribution in [0.3, 0.4) is 0 Å². The summed E-state index contributed by atoms with van der Waals surface area (Å²) >= 11 is 0. The third kappa shape index (κ3) is 1.85. The zero-order valence-corrected chi connectivity index (χ0v) is 5.09. The summed E-state index contributed by atoms with van der Waals surface area (Å²) in [5, 5.41) is 15.9. The van der Waals surface area contributed by atoms with E-state index in [1.807, 2.05) is 0 Å². The summed E-state index contributed by atoms with van der Waals surface area (Å²) in [5.41, 5.74) is -0.799. The van der Waals surface area contributed by atoms with Crippen LogP contribution in [0.1, 0.15) is 6.92 Å². The van der Waals surface area contributed by atoms with Crippen molar-refractivity contribution in [2.24, 2.45) is 0 Å². The molecule has 56 valence electrons. The first kappa shape index (κ1) is 8.61. The number of carboxylic acid groups (broad SMARTS) is 2. The van der Waals surface area contributed by atoms with Gasteiger partial charge in [0.05, 0.1) is 5.57 Å². The average Bonchev–Trinajstić information content (AvgIpc) is 1.84. The zero-order valence-electron chi connectivity index (χ0n) is 5.09. The Morgan fingerprint density at radius 1 is 1.20 bits per heavy atom. The van der Waals surface area contributed by atoms with Gasteiger partial charge in [0, 0.05) is 0 Å². The van der Waals surface area contributed by atoms with Crippen molar-refractivity contribution in [1.29, 1.82) is 0 Å². The smallest absolute Gasteiger partial charge is 0.365 e. The summed E-state index contributed by atoms with van der Waals surface area (Å²) in [6, 6.07) is 0. The van der Waals surface area contributed by atoms with Gasteiger partial charge < -0.3 is 10.2 Å². The van der Waals surface area contributed by atoms with Crippen molar-refractivity contribution in [3.8, 4) is 0 Å². The number of carboxylic acids is 2. The topological polar surface area (TPSA) is 74.6 Å². The monoisotopic (exact) mass is 148 g/mol. The maximum Gasteiger partial charge on any atom is 0.365 e. The minimum Gasteiger partial charge on any atom is -0.478 e. The van der Waals surface area contributed by atoms with Gasteiger partial charge in [0.1, 0.15) is 0 Å². The molecule has 0 aliphatic rings. The largest absolute Gasteiger partial charge is 0.478 e.